The lowest BCUT2D eigenvalue weighted by Gasteiger charge is -2.09. The van der Waals surface area contributed by atoms with Crippen LogP contribution in [-0.4, -0.2) is 0 Å². The van der Waals surface area contributed by atoms with E-state index in [1.807, 2.05) is 6.07 Å². The Balaban J connectivity index is 2.60. The summed E-state index contributed by atoms with van der Waals surface area (Å²) in [6.07, 6.45) is 5.67. The summed E-state index contributed by atoms with van der Waals surface area (Å²) in [6, 6.07) is 10.3. The number of nitrogens with one attached hydrogen (secondary N) is 1. The first-order chi connectivity index (χ1) is 6.86. The van der Waals surface area contributed by atoms with E-state index in [2.05, 4.69) is 49.5 Å². The molecule has 0 aliphatic rings. The first-order valence-corrected chi connectivity index (χ1v) is 5.38. The molecule has 0 radical (unpaired) electrons. The summed E-state index contributed by atoms with van der Waals surface area (Å²) in [6.45, 7) is 4.37. The fraction of sp³-hybridized carbons (Fsp3) is 0.385. The molecule has 0 spiro atoms. The third kappa shape index (κ3) is 3.65. The van der Waals surface area contributed by atoms with Gasteiger partial charge in [-0.1, -0.05) is 44.5 Å². The van der Waals surface area contributed by atoms with Gasteiger partial charge in [-0.15, -0.1) is 0 Å². The number of benzene rings is 1. The van der Waals surface area contributed by atoms with E-state index in [1.165, 1.54) is 17.8 Å². The van der Waals surface area contributed by atoms with Crippen molar-refractivity contribution >= 4 is 5.69 Å². The minimum Gasteiger partial charge on any atom is -0.359 e. The topological polar surface area (TPSA) is 12.0 Å². The molecule has 0 aliphatic carbocycles. The van der Waals surface area contributed by atoms with Crippen molar-refractivity contribution in [2.75, 3.05) is 5.32 Å². The average molecular weight is 189 g/mol. The van der Waals surface area contributed by atoms with Crippen molar-refractivity contribution in [3.8, 4) is 0 Å². The van der Waals surface area contributed by atoms with Crippen LogP contribution in [0.2, 0.25) is 0 Å². The highest BCUT2D eigenvalue weighted by atomic mass is 14.9. The fourth-order valence-corrected chi connectivity index (χ4v) is 1.44. The van der Waals surface area contributed by atoms with Crippen LogP contribution in [0.25, 0.3) is 0 Å². The normalized spacial score (nSPS) is 11.4. The molecule has 1 N–H and O–H groups in total. The highest BCUT2D eigenvalue weighted by Crippen LogP contribution is 2.12. The molecule has 0 atom stereocenters. The van der Waals surface area contributed by atoms with E-state index in [9.17, 15) is 0 Å². The monoisotopic (exact) mass is 189 g/mol. The van der Waals surface area contributed by atoms with Gasteiger partial charge in [0.15, 0.2) is 0 Å². The predicted molar refractivity (Wildman–Crippen MR) is 63.3 cm³/mol. The Morgan fingerprint density at radius 1 is 1.21 bits per heavy atom. The number of hydrogen-bond donors (Lipinski definition) is 1. The van der Waals surface area contributed by atoms with Crippen LogP contribution in [-0.2, 0) is 0 Å². The highest BCUT2D eigenvalue weighted by molar-refractivity contribution is 5.47. The van der Waals surface area contributed by atoms with Crippen LogP contribution >= 0.6 is 0 Å². The van der Waals surface area contributed by atoms with Gasteiger partial charge in [0.2, 0.25) is 0 Å². The van der Waals surface area contributed by atoms with Gasteiger partial charge in [0.1, 0.15) is 0 Å². The Bertz CT molecular complexity index is 275. The number of allylic oxidation sites excluding steroid dienone is 2. The van der Waals surface area contributed by atoms with E-state index in [-0.39, 0.29) is 0 Å². The first kappa shape index (κ1) is 10.8. The Labute approximate surface area is 86.8 Å². The maximum Gasteiger partial charge on any atom is 0.0381 e. The second kappa shape index (κ2) is 6.25. The van der Waals surface area contributed by atoms with Crippen LogP contribution in [0, 0.1) is 0 Å². The molecule has 0 aromatic heterocycles. The van der Waals surface area contributed by atoms with Crippen molar-refractivity contribution in [1.82, 2.24) is 0 Å². The number of anilines is 1. The van der Waals surface area contributed by atoms with Gasteiger partial charge in [-0.2, -0.15) is 0 Å². The molecular weight excluding hydrogens is 170 g/mol. The molecule has 1 aromatic rings. The van der Waals surface area contributed by atoms with Crippen molar-refractivity contribution in [1.29, 1.82) is 0 Å². The molecule has 0 aliphatic heterocycles. The zero-order valence-electron chi connectivity index (χ0n) is 9.09. The van der Waals surface area contributed by atoms with Gasteiger partial charge in [0, 0.05) is 11.4 Å². The van der Waals surface area contributed by atoms with E-state index in [0.29, 0.717) is 0 Å². The third-order valence-corrected chi connectivity index (χ3v) is 2.05. The molecule has 0 saturated carbocycles. The molecule has 1 rings (SSSR count). The van der Waals surface area contributed by atoms with Crippen molar-refractivity contribution in [2.24, 2.45) is 0 Å². The Kier molecular flexibility index (Phi) is 4.84. The second-order valence-corrected chi connectivity index (χ2v) is 3.38. The van der Waals surface area contributed by atoms with Crippen LogP contribution in [0.4, 0.5) is 5.69 Å². The van der Waals surface area contributed by atoms with Crippen molar-refractivity contribution < 1.29 is 0 Å². The minimum absolute atomic E-state index is 1.09. The van der Waals surface area contributed by atoms with Crippen LogP contribution < -0.4 is 5.32 Å². The zero-order valence-corrected chi connectivity index (χ0v) is 9.09. The standard InChI is InChI=1S/C13H19N/c1-3-8-12(9-4-2)14-13-10-6-5-7-11-13/h5-8,10-11,14H,3-4,9H2,1-2H3/b12-8-. The summed E-state index contributed by atoms with van der Waals surface area (Å²) < 4.78 is 0. The van der Waals surface area contributed by atoms with Crippen molar-refractivity contribution in [3.63, 3.8) is 0 Å². The van der Waals surface area contributed by atoms with E-state index < -0.39 is 0 Å². The Morgan fingerprint density at radius 2 is 1.93 bits per heavy atom. The predicted octanol–water partition coefficient (Wildman–Crippen LogP) is 4.19. The third-order valence-electron chi connectivity index (χ3n) is 2.05. The molecule has 0 fully saturated rings. The summed E-state index contributed by atoms with van der Waals surface area (Å²) >= 11 is 0. The van der Waals surface area contributed by atoms with Gasteiger partial charge in [0.05, 0.1) is 0 Å². The number of hydrogen-bond acceptors (Lipinski definition) is 1. The molecule has 76 valence electrons. The summed E-state index contributed by atoms with van der Waals surface area (Å²) in [5.41, 5.74) is 2.52. The summed E-state index contributed by atoms with van der Waals surface area (Å²) in [4.78, 5) is 0. The fourth-order valence-electron chi connectivity index (χ4n) is 1.44. The second-order valence-electron chi connectivity index (χ2n) is 3.38. The smallest absolute Gasteiger partial charge is 0.0381 e. The van der Waals surface area contributed by atoms with Gasteiger partial charge in [0.25, 0.3) is 0 Å². The highest BCUT2D eigenvalue weighted by Gasteiger charge is 1.95. The summed E-state index contributed by atoms with van der Waals surface area (Å²) in [7, 11) is 0. The summed E-state index contributed by atoms with van der Waals surface area (Å²) in [5.74, 6) is 0. The molecule has 0 bridgehead atoms. The SMILES string of the molecule is CC/C=C(/CCC)Nc1ccccc1. The largest absolute Gasteiger partial charge is 0.359 e. The van der Waals surface area contributed by atoms with Gasteiger partial charge < -0.3 is 5.32 Å². The minimum atomic E-state index is 1.09. The molecule has 1 nitrogen and oxygen atoms in total. The number of rotatable bonds is 5. The lowest BCUT2D eigenvalue weighted by atomic mass is 10.2. The Morgan fingerprint density at radius 3 is 2.50 bits per heavy atom. The lowest BCUT2D eigenvalue weighted by Crippen LogP contribution is -1.98. The van der Waals surface area contributed by atoms with Crippen LogP contribution in [0.5, 0.6) is 0 Å². The van der Waals surface area contributed by atoms with E-state index in [1.54, 1.807) is 0 Å². The van der Waals surface area contributed by atoms with Crippen LogP contribution in [0.3, 0.4) is 0 Å². The molecule has 0 amide bonds. The van der Waals surface area contributed by atoms with Gasteiger partial charge in [-0.3, -0.25) is 0 Å². The van der Waals surface area contributed by atoms with Crippen molar-refractivity contribution in [3.05, 3.63) is 42.1 Å². The van der Waals surface area contributed by atoms with E-state index in [0.717, 1.165) is 12.8 Å². The maximum atomic E-state index is 3.44. The van der Waals surface area contributed by atoms with Crippen LogP contribution in [0.15, 0.2) is 42.1 Å². The first-order valence-electron chi connectivity index (χ1n) is 5.38. The lowest BCUT2D eigenvalue weighted by molar-refractivity contribution is 0.900. The van der Waals surface area contributed by atoms with Gasteiger partial charge in [-0.05, 0) is 25.0 Å². The van der Waals surface area contributed by atoms with E-state index in [4.69, 9.17) is 0 Å². The van der Waals surface area contributed by atoms with Crippen LogP contribution in [0.1, 0.15) is 33.1 Å². The molecule has 0 unspecified atom stereocenters. The van der Waals surface area contributed by atoms with Gasteiger partial charge in [-0.25, -0.2) is 0 Å². The average Bonchev–Trinajstić information content (AvgIpc) is 2.20. The quantitative estimate of drug-likeness (QED) is 0.732. The molecule has 0 saturated heterocycles. The molecule has 0 heterocycles. The van der Waals surface area contributed by atoms with Gasteiger partial charge >= 0.3 is 0 Å². The summed E-state index contributed by atoms with van der Waals surface area (Å²) in [5, 5.41) is 3.44. The number of para-hydroxylation sites is 1. The zero-order chi connectivity index (χ0) is 10.2. The van der Waals surface area contributed by atoms with E-state index >= 15 is 0 Å². The molecule has 14 heavy (non-hydrogen) atoms. The maximum absolute atomic E-state index is 3.44. The molecule has 1 aromatic carbocycles. The van der Waals surface area contributed by atoms with Crippen molar-refractivity contribution in [2.45, 2.75) is 33.1 Å². The molecule has 1 heteroatoms. The Hall–Kier alpha value is -1.24. The molecular formula is C13H19N.